The van der Waals surface area contributed by atoms with Crippen LogP contribution in [0.3, 0.4) is 0 Å². The van der Waals surface area contributed by atoms with Crippen LogP contribution in [-0.2, 0) is 11.2 Å². The number of hydrogen-bond donors (Lipinski definition) is 1. The van der Waals surface area contributed by atoms with E-state index >= 15 is 0 Å². The van der Waals surface area contributed by atoms with E-state index in [-0.39, 0.29) is 30.9 Å². The summed E-state index contributed by atoms with van der Waals surface area (Å²) < 4.78 is 19.5. The lowest BCUT2D eigenvalue weighted by molar-refractivity contribution is -0.136. The van der Waals surface area contributed by atoms with Gasteiger partial charge < -0.3 is 14.7 Å². The molecule has 1 amide bonds. The first-order chi connectivity index (χ1) is 15.4. The molecule has 2 heterocycles. The minimum atomic E-state index is -0.438. The maximum Gasteiger partial charge on any atom is 0.237 e. The average molecular weight is 463 g/mol. The van der Waals surface area contributed by atoms with Crippen molar-refractivity contribution in [2.75, 3.05) is 32.8 Å². The number of benzene rings is 1. The van der Waals surface area contributed by atoms with Gasteiger partial charge in [-0.1, -0.05) is 26.8 Å². The van der Waals surface area contributed by atoms with Gasteiger partial charge in [0.2, 0.25) is 5.91 Å². The van der Waals surface area contributed by atoms with Gasteiger partial charge in [0, 0.05) is 24.0 Å². The zero-order chi connectivity index (χ0) is 23.1. The van der Waals surface area contributed by atoms with Gasteiger partial charge in [0.25, 0.3) is 0 Å². The molecule has 0 spiro atoms. The molecule has 0 saturated carbocycles. The molecule has 0 aliphatic carbocycles. The van der Waals surface area contributed by atoms with Crippen molar-refractivity contribution in [1.29, 1.82) is 0 Å². The molecule has 0 saturated heterocycles. The molecule has 5 nitrogen and oxygen atoms in total. The minimum absolute atomic E-state index is 0.0433. The van der Waals surface area contributed by atoms with Crippen molar-refractivity contribution in [3.8, 4) is 5.75 Å². The zero-order valence-electron chi connectivity index (χ0n) is 19.3. The number of halogens is 1. The maximum atomic E-state index is 13.6. The SMILES string of the molecule is CC[C@H](O)CN(CCC(C)C)CC(=O)N1CCc2sccc2[C@H]1COc1cccc(F)c1. The predicted octanol–water partition coefficient (Wildman–Crippen LogP) is 4.51. The Balaban J connectivity index is 1.72. The second-order valence-electron chi connectivity index (χ2n) is 8.90. The molecule has 176 valence electrons. The first-order valence-corrected chi connectivity index (χ1v) is 12.4. The largest absolute Gasteiger partial charge is 0.491 e. The molecule has 0 unspecified atom stereocenters. The second kappa shape index (κ2) is 11.8. The molecule has 1 N–H and O–H groups in total. The fourth-order valence-corrected chi connectivity index (χ4v) is 4.92. The molecule has 1 aliphatic heterocycles. The van der Waals surface area contributed by atoms with Crippen molar-refractivity contribution in [2.45, 2.75) is 52.2 Å². The Labute approximate surface area is 194 Å². The molecule has 32 heavy (non-hydrogen) atoms. The van der Waals surface area contributed by atoms with Crippen molar-refractivity contribution in [2.24, 2.45) is 5.92 Å². The van der Waals surface area contributed by atoms with Crippen LogP contribution in [0.1, 0.15) is 50.1 Å². The van der Waals surface area contributed by atoms with Gasteiger partial charge in [-0.15, -0.1) is 11.3 Å². The van der Waals surface area contributed by atoms with E-state index in [4.69, 9.17) is 4.74 Å². The fraction of sp³-hybridized carbons (Fsp3) is 0.560. The molecule has 0 radical (unpaired) electrons. The van der Waals surface area contributed by atoms with E-state index < -0.39 is 6.10 Å². The summed E-state index contributed by atoms with van der Waals surface area (Å²) in [7, 11) is 0. The number of carbonyl (C=O) groups is 1. The highest BCUT2D eigenvalue weighted by atomic mass is 32.1. The Bertz CT molecular complexity index is 872. The summed E-state index contributed by atoms with van der Waals surface area (Å²) in [6.07, 6.45) is 2.04. The van der Waals surface area contributed by atoms with Crippen molar-refractivity contribution in [3.63, 3.8) is 0 Å². The first kappa shape index (κ1) is 24.7. The normalized spacial score (nSPS) is 17.0. The molecule has 1 aliphatic rings. The van der Waals surface area contributed by atoms with Gasteiger partial charge in [0.05, 0.1) is 18.7 Å². The van der Waals surface area contributed by atoms with Crippen LogP contribution < -0.4 is 4.74 Å². The Morgan fingerprint density at radius 1 is 1.38 bits per heavy atom. The van der Waals surface area contributed by atoms with Crippen LogP contribution in [0.25, 0.3) is 0 Å². The van der Waals surface area contributed by atoms with Crippen LogP contribution in [0.2, 0.25) is 0 Å². The average Bonchev–Trinajstić information content (AvgIpc) is 3.24. The van der Waals surface area contributed by atoms with Crippen LogP contribution in [-0.4, -0.2) is 59.7 Å². The van der Waals surface area contributed by atoms with E-state index in [2.05, 4.69) is 30.2 Å². The molecule has 7 heteroatoms. The number of carbonyl (C=O) groups excluding carboxylic acids is 1. The van der Waals surface area contributed by atoms with Crippen molar-refractivity contribution in [3.05, 3.63) is 52.0 Å². The standard InChI is InChI=1S/C25H35FN2O3S/c1-4-20(29)15-27(11-8-18(2)3)16-25(30)28-12-9-24-22(10-13-32-24)23(28)17-31-21-7-5-6-19(26)14-21/h5-7,10,13-14,18,20,23,29H,4,8-9,11-12,15-17H2,1-3H3/t20-,23+/m0/s1. The van der Waals surface area contributed by atoms with E-state index in [9.17, 15) is 14.3 Å². The van der Waals surface area contributed by atoms with Crippen molar-refractivity contribution < 1.29 is 19.0 Å². The minimum Gasteiger partial charge on any atom is -0.491 e. The van der Waals surface area contributed by atoms with Gasteiger partial charge in [-0.3, -0.25) is 9.69 Å². The summed E-state index contributed by atoms with van der Waals surface area (Å²) in [5.74, 6) is 0.693. The molecule has 3 rings (SSSR count). The summed E-state index contributed by atoms with van der Waals surface area (Å²) >= 11 is 1.71. The number of aliphatic hydroxyl groups is 1. The number of fused-ring (bicyclic) bond motifs is 1. The number of amides is 1. The van der Waals surface area contributed by atoms with E-state index in [1.807, 2.05) is 11.8 Å². The monoisotopic (exact) mass is 462 g/mol. The summed E-state index contributed by atoms with van der Waals surface area (Å²) in [5, 5.41) is 12.2. The summed E-state index contributed by atoms with van der Waals surface area (Å²) in [6.45, 7) is 8.76. The Morgan fingerprint density at radius 3 is 2.91 bits per heavy atom. The number of ether oxygens (including phenoxy) is 1. The highest BCUT2D eigenvalue weighted by Crippen LogP contribution is 2.34. The third-order valence-electron chi connectivity index (χ3n) is 5.94. The van der Waals surface area contributed by atoms with Crippen molar-refractivity contribution in [1.82, 2.24) is 9.80 Å². The van der Waals surface area contributed by atoms with Crippen LogP contribution in [0.15, 0.2) is 35.7 Å². The number of nitrogens with zero attached hydrogens (tertiary/aromatic N) is 2. The van der Waals surface area contributed by atoms with Crippen molar-refractivity contribution >= 4 is 17.2 Å². The number of hydrogen-bond acceptors (Lipinski definition) is 5. The van der Waals surface area contributed by atoms with E-state index in [0.29, 0.717) is 31.2 Å². The van der Waals surface area contributed by atoms with Gasteiger partial charge in [-0.25, -0.2) is 4.39 Å². The highest BCUT2D eigenvalue weighted by molar-refractivity contribution is 7.10. The number of aliphatic hydroxyl groups excluding tert-OH is 1. The molecule has 0 fully saturated rings. The van der Waals surface area contributed by atoms with Gasteiger partial charge in [0.1, 0.15) is 18.2 Å². The fourth-order valence-electron chi connectivity index (χ4n) is 3.99. The van der Waals surface area contributed by atoms with E-state index in [0.717, 1.165) is 24.9 Å². The summed E-state index contributed by atoms with van der Waals surface area (Å²) in [5.41, 5.74) is 1.12. The van der Waals surface area contributed by atoms with E-state index in [1.165, 1.54) is 17.0 Å². The maximum absolute atomic E-state index is 13.6. The lowest BCUT2D eigenvalue weighted by Gasteiger charge is -2.37. The van der Waals surface area contributed by atoms with Crippen LogP contribution in [0, 0.1) is 11.7 Å². The quantitative estimate of drug-likeness (QED) is 0.534. The van der Waals surface area contributed by atoms with Gasteiger partial charge >= 0.3 is 0 Å². The van der Waals surface area contributed by atoms with Crippen LogP contribution in [0.4, 0.5) is 4.39 Å². The highest BCUT2D eigenvalue weighted by Gasteiger charge is 2.33. The topological polar surface area (TPSA) is 53.0 Å². The molecular formula is C25H35FN2O3S. The Morgan fingerprint density at radius 2 is 2.19 bits per heavy atom. The summed E-state index contributed by atoms with van der Waals surface area (Å²) in [4.78, 5) is 18.7. The molecule has 0 bridgehead atoms. The molecule has 1 aromatic carbocycles. The number of rotatable bonds is 11. The molecule has 2 aromatic rings. The lowest BCUT2D eigenvalue weighted by atomic mass is 10.00. The van der Waals surface area contributed by atoms with Crippen LogP contribution in [0.5, 0.6) is 5.75 Å². The summed E-state index contributed by atoms with van der Waals surface area (Å²) in [6, 6.07) is 7.96. The van der Waals surface area contributed by atoms with Gasteiger partial charge in [0.15, 0.2) is 0 Å². The Hall–Kier alpha value is -1.96. The third kappa shape index (κ3) is 6.77. The smallest absolute Gasteiger partial charge is 0.237 e. The van der Waals surface area contributed by atoms with Gasteiger partial charge in [-0.05, 0) is 60.9 Å². The molecule has 2 atom stereocenters. The predicted molar refractivity (Wildman–Crippen MR) is 127 cm³/mol. The third-order valence-corrected chi connectivity index (χ3v) is 6.94. The first-order valence-electron chi connectivity index (χ1n) is 11.5. The van der Waals surface area contributed by atoms with Crippen LogP contribution >= 0.6 is 11.3 Å². The van der Waals surface area contributed by atoms with Gasteiger partial charge in [-0.2, -0.15) is 0 Å². The second-order valence-corrected chi connectivity index (χ2v) is 9.90. The lowest BCUT2D eigenvalue weighted by Crippen LogP contribution is -2.48. The number of thiophene rings is 1. The molecular weight excluding hydrogens is 427 g/mol. The van der Waals surface area contributed by atoms with E-state index in [1.54, 1.807) is 23.5 Å². The zero-order valence-corrected chi connectivity index (χ0v) is 20.1. The Kier molecular flexibility index (Phi) is 9.08. The molecule has 1 aromatic heterocycles.